The quantitative estimate of drug-likeness (QED) is 0.845. The van der Waals surface area contributed by atoms with E-state index in [9.17, 15) is 8.78 Å². The topological polar surface area (TPSA) is 37.0 Å². The van der Waals surface area contributed by atoms with E-state index in [-0.39, 0.29) is 17.2 Å². The molecule has 0 unspecified atom stereocenters. The Morgan fingerprint density at radius 1 is 1.15 bits per heavy atom. The standard InChI is InChI=1S/C15H23F2N3/c1-3-9-18-13-11(16)10-12(17)14(19-13)20-15(2)7-5-4-6-8-15/h10H,3-9H2,1-2H3,(H2,18,19,20). The molecule has 1 fully saturated rings. The maximum Gasteiger partial charge on any atom is 0.168 e. The number of hydrogen-bond acceptors (Lipinski definition) is 3. The summed E-state index contributed by atoms with van der Waals surface area (Å²) in [6, 6.07) is 0.902. The van der Waals surface area contributed by atoms with Gasteiger partial charge in [0.1, 0.15) is 0 Å². The lowest BCUT2D eigenvalue weighted by atomic mass is 9.83. The predicted octanol–water partition coefficient (Wildman–Crippen LogP) is 4.32. The zero-order valence-electron chi connectivity index (χ0n) is 12.2. The van der Waals surface area contributed by atoms with Crippen LogP contribution in [0.4, 0.5) is 20.4 Å². The molecule has 0 aliphatic heterocycles. The second kappa shape index (κ2) is 6.37. The summed E-state index contributed by atoms with van der Waals surface area (Å²) in [5, 5.41) is 6.06. The van der Waals surface area contributed by atoms with Crippen LogP contribution in [0.3, 0.4) is 0 Å². The smallest absolute Gasteiger partial charge is 0.168 e. The summed E-state index contributed by atoms with van der Waals surface area (Å²) in [5.41, 5.74) is -0.147. The van der Waals surface area contributed by atoms with E-state index in [4.69, 9.17) is 0 Å². The van der Waals surface area contributed by atoms with Crippen LogP contribution in [0.2, 0.25) is 0 Å². The van der Waals surface area contributed by atoms with Gasteiger partial charge in [-0.1, -0.05) is 26.2 Å². The summed E-state index contributed by atoms with van der Waals surface area (Å²) in [6.07, 6.45) is 6.33. The Bertz CT molecular complexity index is 457. The molecule has 1 aromatic heterocycles. The van der Waals surface area contributed by atoms with E-state index in [2.05, 4.69) is 22.5 Å². The summed E-state index contributed by atoms with van der Waals surface area (Å²) in [6.45, 7) is 4.68. The molecule has 0 saturated heterocycles. The van der Waals surface area contributed by atoms with E-state index in [0.29, 0.717) is 6.54 Å². The van der Waals surface area contributed by atoms with E-state index in [1.165, 1.54) is 6.42 Å². The first kappa shape index (κ1) is 15.0. The van der Waals surface area contributed by atoms with Crippen molar-refractivity contribution in [3.05, 3.63) is 17.7 Å². The Kier molecular flexibility index (Phi) is 4.78. The molecule has 2 rings (SSSR count). The van der Waals surface area contributed by atoms with Crippen LogP contribution in [0.1, 0.15) is 52.4 Å². The first-order chi connectivity index (χ1) is 9.54. The Labute approximate surface area is 119 Å². The normalized spacial score (nSPS) is 17.8. The molecular weight excluding hydrogens is 260 g/mol. The maximum absolute atomic E-state index is 13.9. The van der Waals surface area contributed by atoms with Gasteiger partial charge in [-0.3, -0.25) is 0 Å². The van der Waals surface area contributed by atoms with Gasteiger partial charge in [0.05, 0.1) is 0 Å². The average Bonchev–Trinajstić information content (AvgIpc) is 2.41. The average molecular weight is 283 g/mol. The monoisotopic (exact) mass is 283 g/mol. The molecule has 2 N–H and O–H groups in total. The van der Waals surface area contributed by atoms with Gasteiger partial charge in [-0.2, -0.15) is 0 Å². The van der Waals surface area contributed by atoms with Crippen molar-refractivity contribution in [1.29, 1.82) is 0 Å². The van der Waals surface area contributed by atoms with Gasteiger partial charge in [-0.15, -0.1) is 0 Å². The molecule has 5 heteroatoms. The predicted molar refractivity (Wildman–Crippen MR) is 78.0 cm³/mol. The van der Waals surface area contributed by atoms with Crippen molar-refractivity contribution in [2.75, 3.05) is 17.2 Å². The minimum atomic E-state index is -0.643. The molecular formula is C15H23F2N3. The molecule has 112 valence electrons. The summed E-state index contributed by atoms with van der Waals surface area (Å²) < 4.78 is 27.5. The second-order valence-electron chi connectivity index (χ2n) is 5.82. The molecule has 0 spiro atoms. The van der Waals surface area contributed by atoms with Crippen LogP contribution < -0.4 is 10.6 Å². The van der Waals surface area contributed by atoms with Gasteiger partial charge >= 0.3 is 0 Å². The minimum Gasteiger partial charge on any atom is -0.368 e. The van der Waals surface area contributed by atoms with Crippen LogP contribution in [0, 0.1) is 11.6 Å². The van der Waals surface area contributed by atoms with Crippen LogP contribution in [0.15, 0.2) is 6.07 Å². The number of aromatic nitrogens is 1. The van der Waals surface area contributed by atoms with Crippen molar-refractivity contribution in [2.24, 2.45) is 0 Å². The third kappa shape index (κ3) is 3.58. The van der Waals surface area contributed by atoms with E-state index in [1.807, 2.05) is 6.92 Å². The second-order valence-corrected chi connectivity index (χ2v) is 5.82. The molecule has 0 amide bonds. The van der Waals surface area contributed by atoms with E-state index >= 15 is 0 Å². The summed E-state index contributed by atoms with van der Waals surface area (Å²) in [7, 11) is 0. The lowest BCUT2D eigenvalue weighted by molar-refractivity contribution is 0.347. The fourth-order valence-corrected chi connectivity index (χ4v) is 2.66. The van der Waals surface area contributed by atoms with E-state index in [0.717, 1.165) is 38.2 Å². The van der Waals surface area contributed by atoms with E-state index < -0.39 is 11.6 Å². The molecule has 1 aliphatic rings. The highest BCUT2D eigenvalue weighted by atomic mass is 19.1. The van der Waals surface area contributed by atoms with Gasteiger partial charge in [-0.25, -0.2) is 13.8 Å². The highest BCUT2D eigenvalue weighted by molar-refractivity contribution is 5.48. The first-order valence-corrected chi connectivity index (χ1v) is 7.42. The van der Waals surface area contributed by atoms with Gasteiger partial charge in [0.15, 0.2) is 23.3 Å². The lowest BCUT2D eigenvalue weighted by Gasteiger charge is -2.35. The van der Waals surface area contributed by atoms with Crippen molar-refractivity contribution in [3.63, 3.8) is 0 Å². The van der Waals surface area contributed by atoms with Crippen molar-refractivity contribution in [2.45, 2.75) is 57.9 Å². The van der Waals surface area contributed by atoms with Gasteiger partial charge in [0.25, 0.3) is 0 Å². The molecule has 1 heterocycles. The maximum atomic E-state index is 13.9. The summed E-state index contributed by atoms with van der Waals surface area (Å²) >= 11 is 0. The molecule has 0 aromatic carbocycles. The number of nitrogens with zero attached hydrogens (tertiary/aromatic N) is 1. The highest BCUT2D eigenvalue weighted by Gasteiger charge is 2.28. The van der Waals surface area contributed by atoms with Crippen molar-refractivity contribution in [1.82, 2.24) is 4.98 Å². The molecule has 1 saturated carbocycles. The molecule has 20 heavy (non-hydrogen) atoms. The fourth-order valence-electron chi connectivity index (χ4n) is 2.66. The molecule has 3 nitrogen and oxygen atoms in total. The third-order valence-electron chi connectivity index (χ3n) is 3.85. The highest BCUT2D eigenvalue weighted by Crippen LogP contribution is 2.32. The zero-order chi connectivity index (χ0) is 14.6. The van der Waals surface area contributed by atoms with Crippen molar-refractivity contribution in [3.8, 4) is 0 Å². The van der Waals surface area contributed by atoms with Crippen LogP contribution >= 0.6 is 0 Å². The third-order valence-corrected chi connectivity index (χ3v) is 3.85. The van der Waals surface area contributed by atoms with Crippen LogP contribution in [0.25, 0.3) is 0 Å². The largest absolute Gasteiger partial charge is 0.368 e. The number of halogens is 2. The van der Waals surface area contributed by atoms with Gasteiger partial charge in [-0.05, 0) is 26.2 Å². The van der Waals surface area contributed by atoms with Gasteiger partial charge in [0.2, 0.25) is 0 Å². The fraction of sp³-hybridized carbons (Fsp3) is 0.667. The van der Waals surface area contributed by atoms with Crippen LogP contribution in [-0.2, 0) is 0 Å². The number of rotatable bonds is 5. The van der Waals surface area contributed by atoms with Crippen molar-refractivity contribution < 1.29 is 8.78 Å². The number of pyridine rings is 1. The zero-order valence-corrected chi connectivity index (χ0v) is 12.2. The SMILES string of the molecule is CCCNc1nc(NC2(C)CCCCC2)c(F)cc1F. The molecule has 0 radical (unpaired) electrons. The van der Waals surface area contributed by atoms with Crippen LogP contribution in [0.5, 0.6) is 0 Å². The van der Waals surface area contributed by atoms with Crippen molar-refractivity contribution >= 4 is 11.6 Å². The molecule has 1 aromatic rings. The van der Waals surface area contributed by atoms with Crippen LogP contribution in [-0.4, -0.2) is 17.1 Å². The Hall–Kier alpha value is -1.39. The number of anilines is 2. The van der Waals surface area contributed by atoms with E-state index in [1.54, 1.807) is 0 Å². The summed E-state index contributed by atoms with van der Waals surface area (Å²) in [4.78, 5) is 4.08. The Balaban J connectivity index is 2.17. The molecule has 0 atom stereocenters. The summed E-state index contributed by atoms with van der Waals surface area (Å²) in [5.74, 6) is -1.00. The Morgan fingerprint density at radius 3 is 2.45 bits per heavy atom. The Morgan fingerprint density at radius 2 is 1.80 bits per heavy atom. The van der Waals surface area contributed by atoms with Gasteiger partial charge in [0, 0.05) is 18.2 Å². The number of hydrogen-bond donors (Lipinski definition) is 2. The lowest BCUT2D eigenvalue weighted by Crippen LogP contribution is -2.37. The minimum absolute atomic E-state index is 0.121. The van der Waals surface area contributed by atoms with Gasteiger partial charge < -0.3 is 10.6 Å². The molecule has 1 aliphatic carbocycles. The molecule has 0 bridgehead atoms. The number of nitrogens with one attached hydrogen (secondary N) is 2. The first-order valence-electron chi connectivity index (χ1n) is 7.42.